The molecule has 3 N–H and O–H groups in total. The number of anilines is 1. The normalized spacial score (nSPS) is 9.95. The molecule has 1 rings (SSSR count). The minimum absolute atomic E-state index is 0.0991. The second kappa shape index (κ2) is 6.50. The monoisotopic (exact) mass is 267 g/mol. The predicted molar refractivity (Wildman–Crippen MR) is 65.5 cm³/mol. The van der Waals surface area contributed by atoms with Crippen LogP contribution in [0.2, 0.25) is 0 Å². The maximum atomic E-state index is 11.4. The number of hydrogen-bond donors (Lipinski definition) is 3. The first-order valence-electron chi connectivity index (χ1n) is 5.43. The number of amides is 1. The lowest BCUT2D eigenvalue weighted by molar-refractivity contribution is -0.120. The van der Waals surface area contributed by atoms with Crippen LogP contribution in [0.4, 0.5) is 5.69 Å². The van der Waals surface area contributed by atoms with Gasteiger partial charge in [0.15, 0.2) is 0 Å². The van der Waals surface area contributed by atoms with Gasteiger partial charge in [-0.3, -0.25) is 4.79 Å². The van der Waals surface area contributed by atoms with E-state index in [4.69, 9.17) is 14.9 Å². The predicted octanol–water partition coefficient (Wildman–Crippen LogP) is 1.06. The van der Waals surface area contributed by atoms with Crippen LogP contribution < -0.4 is 5.32 Å². The fourth-order valence-electron chi connectivity index (χ4n) is 1.34. The van der Waals surface area contributed by atoms with Crippen molar-refractivity contribution in [3.8, 4) is 0 Å². The maximum absolute atomic E-state index is 11.4. The highest BCUT2D eigenvalue weighted by atomic mass is 16.5. The third-order valence-electron chi connectivity index (χ3n) is 2.15. The summed E-state index contributed by atoms with van der Waals surface area (Å²) in [6, 6.07) is 3.38. The highest BCUT2D eigenvalue weighted by Gasteiger charge is 2.12. The van der Waals surface area contributed by atoms with Crippen LogP contribution in [0.3, 0.4) is 0 Å². The maximum Gasteiger partial charge on any atom is 0.335 e. The molecule has 0 aliphatic rings. The average molecular weight is 267 g/mol. The van der Waals surface area contributed by atoms with Gasteiger partial charge in [0.2, 0.25) is 5.91 Å². The molecule has 0 aliphatic heterocycles. The summed E-state index contributed by atoms with van der Waals surface area (Å²) in [4.78, 5) is 33.1. The van der Waals surface area contributed by atoms with Crippen LogP contribution in [0.1, 0.15) is 27.6 Å². The van der Waals surface area contributed by atoms with E-state index in [9.17, 15) is 14.4 Å². The van der Waals surface area contributed by atoms with Crippen molar-refractivity contribution < 1.29 is 29.3 Å². The van der Waals surface area contributed by atoms with Crippen LogP contribution in [0.5, 0.6) is 0 Å². The Balaban J connectivity index is 2.96. The first kappa shape index (κ1) is 14.7. The van der Waals surface area contributed by atoms with Gasteiger partial charge in [-0.05, 0) is 25.1 Å². The number of carboxylic acid groups (broad SMARTS) is 2. The number of nitrogens with one attached hydrogen (secondary N) is 1. The summed E-state index contributed by atoms with van der Waals surface area (Å²) in [5.41, 5.74) is -0.333. The van der Waals surface area contributed by atoms with E-state index in [0.717, 1.165) is 6.07 Å². The van der Waals surface area contributed by atoms with E-state index in [0.29, 0.717) is 6.61 Å². The van der Waals surface area contributed by atoms with Gasteiger partial charge in [0.1, 0.15) is 6.61 Å². The molecule has 0 spiro atoms. The molecule has 0 atom stereocenters. The van der Waals surface area contributed by atoms with Gasteiger partial charge in [0.25, 0.3) is 0 Å². The molecule has 0 bridgehead atoms. The van der Waals surface area contributed by atoms with E-state index in [1.165, 1.54) is 12.1 Å². The molecule has 19 heavy (non-hydrogen) atoms. The van der Waals surface area contributed by atoms with Crippen molar-refractivity contribution >= 4 is 23.5 Å². The topological polar surface area (TPSA) is 113 Å². The molecule has 1 aromatic carbocycles. The van der Waals surface area contributed by atoms with Gasteiger partial charge in [0.05, 0.1) is 11.1 Å². The quantitative estimate of drug-likeness (QED) is 0.710. The van der Waals surface area contributed by atoms with Gasteiger partial charge in [0, 0.05) is 12.3 Å². The van der Waals surface area contributed by atoms with Crippen molar-refractivity contribution in [2.75, 3.05) is 18.5 Å². The molecule has 7 nitrogen and oxygen atoms in total. The first-order chi connectivity index (χ1) is 8.93. The van der Waals surface area contributed by atoms with Gasteiger partial charge in [-0.1, -0.05) is 0 Å². The third kappa shape index (κ3) is 4.40. The molecule has 0 saturated carbocycles. The average Bonchev–Trinajstić information content (AvgIpc) is 2.35. The standard InChI is InChI=1S/C12H13NO6/c1-2-19-6-10(14)13-9-4-7(11(15)16)3-8(5-9)12(17)18/h3-5H,2,6H2,1H3,(H,13,14)(H,15,16)(H,17,18). The van der Waals surface area contributed by atoms with Crippen LogP contribution in [-0.4, -0.2) is 41.3 Å². The first-order valence-corrected chi connectivity index (χ1v) is 5.43. The summed E-state index contributed by atoms with van der Waals surface area (Å²) in [5.74, 6) is -3.03. The SMILES string of the molecule is CCOCC(=O)Nc1cc(C(=O)O)cc(C(=O)O)c1. The van der Waals surface area contributed by atoms with E-state index in [-0.39, 0.29) is 23.4 Å². The Hall–Kier alpha value is -2.41. The minimum Gasteiger partial charge on any atom is -0.478 e. The number of aromatic carboxylic acids is 2. The molecule has 0 aliphatic carbocycles. The fraction of sp³-hybridized carbons (Fsp3) is 0.250. The molecule has 1 amide bonds. The third-order valence-corrected chi connectivity index (χ3v) is 2.15. The van der Waals surface area contributed by atoms with Gasteiger partial charge in [-0.15, -0.1) is 0 Å². The smallest absolute Gasteiger partial charge is 0.335 e. The van der Waals surface area contributed by atoms with Gasteiger partial charge < -0.3 is 20.3 Å². The molecule has 0 heterocycles. The van der Waals surface area contributed by atoms with Gasteiger partial charge in [-0.25, -0.2) is 9.59 Å². The van der Waals surface area contributed by atoms with Crippen molar-refractivity contribution in [3.05, 3.63) is 29.3 Å². The Kier molecular flexibility index (Phi) is 5.01. The van der Waals surface area contributed by atoms with Crippen molar-refractivity contribution in [1.29, 1.82) is 0 Å². The van der Waals surface area contributed by atoms with Crippen LogP contribution in [-0.2, 0) is 9.53 Å². The molecular formula is C12H13NO6. The molecular weight excluding hydrogens is 254 g/mol. The highest BCUT2D eigenvalue weighted by Crippen LogP contribution is 2.15. The lowest BCUT2D eigenvalue weighted by atomic mass is 10.1. The number of benzene rings is 1. The van der Waals surface area contributed by atoms with Crippen LogP contribution in [0.25, 0.3) is 0 Å². The van der Waals surface area contributed by atoms with Crippen molar-refractivity contribution in [2.24, 2.45) is 0 Å². The van der Waals surface area contributed by atoms with E-state index in [1.54, 1.807) is 6.92 Å². The number of carboxylic acids is 2. The molecule has 7 heteroatoms. The zero-order valence-corrected chi connectivity index (χ0v) is 10.2. The Labute approximate surface area is 108 Å². The zero-order valence-electron chi connectivity index (χ0n) is 10.2. The molecule has 0 radical (unpaired) electrons. The van der Waals surface area contributed by atoms with E-state index < -0.39 is 17.8 Å². The number of ether oxygens (including phenoxy) is 1. The Bertz CT molecular complexity index is 479. The zero-order chi connectivity index (χ0) is 14.4. The van der Waals surface area contributed by atoms with Gasteiger partial charge >= 0.3 is 11.9 Å². The van der Waals surface area contributed by atoms with E-state index in [2.05, 4.69) is 5.32 Å². The fourth-order valence-corrected chi connectivity index (χ4v) is 1.34. The summed E-state index contributed by atoms with van der Waals surface area (Å²) in [7, 11) is 0. The molecule has 102 valence electrons. The number of hydrogen-bond acceptors (Lipinski definition) is 4. The number of carbonyl (C=O) groups excluding carboxylic acids is 1. The Morgan fingerprint density at radius 3 is 2.05 bits per heavy atom. The second-order valence-electron chi connectivity index (χ2n) is 3.59. The molecule has 0 aromatic heterocycles. The highest BCUT2D eigenvalue weighted by molar-refractivity contribution is 5.98. The number of rotatable bonds is 6. The lowest BCUT2D eigenvalue weighted by Gasteiger charge is -2.07. The van der Waals surface area contributed by atoms with E-state index >= 15 is 0 Å². The Morgan fingerprint density at radius 1 is 1.11 bits per heavy atom. The summed E-state index contributed by atoms with van der Waals surface area (Å²) in [6.07, 6.45) is 0. The van der Waals surface area contributed by atoms with Crippen LogP contribution >= 0.6 is 0 Å². The Morgan fingerprint density at radius 2 is 1.63 bits per heavy atom. The number of carbonyl (C=O) groups is 3. The summed E-state index contributed by atoms with van der Waals surface area (Å²) in [5, 5.41) is 20.1. The molecule has 0 fully saturated rings. The van der Waals surface area contributed by atoms with Crippen molar-refractivity contribution in [3.63, 3.8) is 0 Å². The molecule has 0 unspecified atom stereocenters. The van der Waals surface area contributed by atoms with E-state index in [1.807, 2.05) is 0 Å². The molecule has 0 saturated heterocycles. The van der Waals surface area contributed by atoms with Crippen molar-refractivity contribution in [1.82, 2.24) is 0 Å². The van der Waals surface area contributed by atoms with Gasteiger partial charge in [-0.2, -0.15) is 0 Å². The van der Waals surface area contributed by atoms with Crippen molar-refractivity contribution in [2.45, 2.75) is 6.92 Å². The second-order valence-corrected chi connectivity index (χ2v) is 3.59. The summed E-state index contributed by atoms with van der Waals surface area (Å²) >= 11 is 0. The van der Waals surface area contributed by atoms with Crippen LogP contribution in [0.15, 0.2) is 18.2 Å². The summed E-state index contributed by atoms with van der Waals surface area (Å²) in [6.45, 7) is 1.90. The summed E-state index contributed by atoms with van der Waals surface area (Å²) < 4.78 is 4.88. The minimum atomic E-state index is -1.27. The van der Waals surface area contributed by atoms with Crippen LogP contribution in [0, 0.1) is 0 Å². The lowest BCUT2D eigenvalue weighted by Crippen LogP contribution is -2.19. The molecule has 1 aromatic rings. The largest absolute Gasteiger partial charge is 0.478 e.